The summed E-state index contributed by atoms with van der Waals surface area (Å²) in [5.41, 5.74) is -1.31. The quantitative estimate of drug-likeness (QED) is 0.310. The molecule has 0 bridgehead atoms. The number of benzene rings is 1. The summed E-state index contributed by atoms with van der Waals surface area (Å²) in [6.45, 7) is 5.07. The topological polar surface area (TPSA) is 126 Å². The molecule has 1 amide bonds. The Labute approximate surface area is 250 Å². The van der Waals surface area contributed by atoms with Gasteiger partial charge in [0.15, 0.2) is 0 Å². The number of likely N-dealkylation sites (N-methyl/N-ethyl adjacent to an activating group) is 1. The van der Waals surface area contributed by atoms with Gasteiger partial charge >= 0.3 is 6.18 Å². The molecular weight excluding hydrogens is 582 g/mol. The second-order valence-electron chi connectivity index (χ2n) is 11.2. The number of nitrogens with zero attached hydrogens (tertiary/aromatic N) is 4. The SMILES string of the molecule is C[C@@H]1CN(c2cc(F)c(C3=CCC(c4ncc(CO)cn4)NC3)cc2NC(=O)c2c[nH]c(=O)cc2C(F)(F)F)C[C@H](C)N1C. The average Bonchev–Trinajstić information content (AvgIpc) is 3.00. The van der Waals surface area contributed by atoms with E-state index in [9.17, 15) is 27.9 Å². The predicted molar refractivity (Wildman–Crippen MR) is 157 cm³/mol. The van der Waals surface area contributed by atoms with E-state index in [1.807, 2.05) is 31.9 Å². The molecule has 1 aromatic carbocycles. The zero-order chi connectivity index (χ0) is 31.8. The number of nitrogens with one attached hydrogen (secondary N) is 3. The Balaban J connectivity index is 1.51. The maximum atomic E-state index is 15.8. The standard InChI is InChI=1S/C30H33F4N7O3/c1-16-13-41(14-17(2)40(16)3)26-8-23(31)20(19-4-5-24(35-11-19)28-37-9-18(15-42)10-38-28)6-25(26)39-29(44)21-12-36-27(43)7-22(21)30(32,33)34/h4,6-10,12,16-17,24,35,42H,5,11,13-15H2,1-3H3,(H,36,43)(H,39,44)/t16-,17+,24?. The molecule has 0 aliphatic carbocycles. The van der Waals surface area contributed by atoms with Gasteiger partial charge in [0.25, 0.3) is 5.91 Å². The summed E-state index contributed by atoms with van der Waals surface area (Å²) >= 11 is 0. The second kappa shape index (κ2) is 12.5. The van der Waals surface area contributed by atoms with Gasteiger partial charge in [-0.1, -0.05) is 6.08 Å². The third-order valence-corrected chi connectivity index (χ3v) is 8.21. The van der Waals surface area contributed by atoms with Crippen LogP contribution in [0.4, 0.5) is 28.9 Å². The fourth-order valence-electron chi connectivity index (χ4n) is 5.53. The molecule has 44 heavy (non-hydrogen) atoms. The first-order chi connectivity index (χ1) is 20.8. The van der Waals surface area contributed by atoms with E-state index in [1.54, 1.807) is 0 Å². The minimum absolute atomic E-state index is 0.0805. The minimum atomic E-state index is -4.95. The van der Waals surface area contributed by atoms with Crippen LogP contribution in [0.1, 0.15) is 59.2 Å². The molecule has 10 nitrogen and oxygen atoms in total. The zero-order valence-corrected chi connectivity index (χ0v) is 24.4. The van der Waals surface area contributed by atoms with Crippen LogP contribution in [0, 0.1) is 5.82 Å². The summed E-state index contributed by atoms with van der Waals surface area (Å²) in [5.74, 6) is -1.13. The number of carbonyl (C=O) groups excluding carboxylic acids is 1. The average molecular weight is 616 g/mol. The van der Waals surface area contributed by atoms with Crippen molar-refractivity contribution in [3.63, 3.8) is 0 Å². The second-order valence-corrected chi connectivity index (χ2v) is 11.2. The molecule has 4 heterocycles. The van der Waals surface area contributed by atoms with Crippen LogP contribution in [-0.2, 0) is 12.8 Å². The normalized spacial score (nSPS) is 21.2. The molecule has 2 aliphatic rings. The maximum Gasteiger partial charge on any atom is 0.417 e. The van der Waals surface area contributed by atoms with Crippen LogP contribution in [0.5, 0.6) is 0 Å². The highest BCUT2D eigenvalue weighted by Crippen LogP contribution is 2.37. The van der Waals surface area contributed by atoms with E-state index < -0.39 is 34.6 Å². The number of pyridine rings is 1. The van der Waals surface area contributed by atoms with Crippen LogP contribution in [0.25, 0.3) is 5.57 Å². The van der Waals surface area contributed by atoms with Gasteiger partial charge in [0.05, 0.1) is 35.2 Å². The van der Waals surface area contributed by atoms with Gasteiger partial charge in [-0.3, -0.25) is 14.5 Å². The number of rotatable bonds is 6. The van der Waals surface area contributed by atoms with Gasteiger partial charge in [-0.25, -0.2) is 14.4 Å². The van der Waals surface area contributed by atoms with Crippen LogP contribution >= 0.6 is 0 Å². The highest BCUT2D eigenvalue weighted by Gasteiger charge is 2.36. The van der Waals surface area contributed by atoms with E-state index in [0.717, 1.165) is 6.20 Å². The van der Waals surface area contributed by atoms with Gasteiger partial charge in [-0.15, -0.1) is 0 Å². The molecule has 1 fully saturated rings. The van der Waals surface area contributed by atoms with Gasteiger partial charge in [0, 0.05) is 67.5 Å². The molecular formula is C30H33F4N7O3. The Hall–Kier alpha value is -4.14. The lowest BCUT2D eigenvalue weighted by Crippen LogP contribution is -2.55. The fourth-order valence-corrected chi connectivity index (χ4v) is 5.53. The van der Waals surface area contributed by atoms with E-state index >= 15 is 4.39 Å². The third-order valence-electron chi connectivity index (χ3n) is 8.21. The predicted octanol–water partition coefficient (Wildman–Crippen LogP) is 3.71. The first-order valence-corrected chi connectivity index (χ1v) is 14.1. The molecule has 0 saturated carbocycles. The molecule has 4 N–H and O–H groups in total. The van der Waals surface area contributed by atoms with Gasteiger partial charge < -0.3 is 25.6 Å². The van der Waals surface area contributed by atoms with Gasteiger partial charge in [0.1, 0.15) is 11.6 Å². The molecule has 0 radical (unpaired) electrons. The van der Waals surface area contributed by atoms with Gasteiger partial charge in [-0.05, 0) is 45.0 Å². The number of amides is 1. The number of carbonyl (C=O) groups is 1. The summed E-state index contributed by atoms with van der Waals surface area (Å²) < 4.78 is 57.0. The number of aromatic amines is 1. The van der Waals surface area contributed by atoms with Crippen molar-refractivity contribution in [1.82, 2.24) is 25.2 Å². The fraction of sp³-hybridized carbons (Fsp3) is 0.400. The lowest BCUT2D eigenvalue weighted by Gasteiger charge is -2.44. The Morgan fingerprint density at radius 1 is 1.14 bits per heavy atom. The summed E-state index contributed by atoms with van der Waals surface area (Å²) in [6.07, 6.45) is 1.10. The minimum Gasteiger partial charge on any atom is -0.392 e. The zero-order valence-electron chi connectivity index (χ0n) is 24.4. The Kier molecular flexibility index (Phi) is 8.86. The van der Waals surface area contributed by atoms with Crippen molar-refractivity contribution in [2.45, 2.75) is 51.2 Å². The van der Waals surface area contributed by atoms with Crippen LogP contribution < -0.4 is 21.1 Å². The molecule has 3 atom stereocenters. The highest BCUT2D eigenvalue weighted by atomic mass is 19.4. The Morgan fingerprint density at radius 3 is 2.41 bits per heavy atom. The number of halogens is 4. The van der Waals surface area contributed by atoms with Gasteiger partial charge in [-0.2, -0.15) is 13.2 Å². The van der Waals surface area contributed by atoms with Crippen molar-refractivity contribution >= 4 is 22.9 Å². The number of aliphatic hydroxyl groups is 1. The molecule has 2 aromatic heterocycles. The third kappa shape index (κ3) is 6.51. The lowest BCUT2D eigenvalue weighted by molar-refractivity contribution is -0.138. The number of aliphatic hydroxyl groups excluding tert-OH is 1. The van der Waals surface area contributed by atoms with E-state index in [2.05, 4.69) is 30.5 Å². The number of alkyl halides is 3. The Bertz CT molecular complexity index is 1610. The molecule has 2 aliphatic heterocycles. The molecule has 0 spiro atoms. The lowest BCUT2D eigenvalue weighted by atomic mass is 9.96. The summed E-state index contributed by atoms with van der Waals surface area (Å²) in [6, 6.07) is 2.99. The van der Waals surface area contributed by atoms with E-state index in [1.165, 1.54) is 24.5 Å². The smallest absolute Gasteiger partial charge is 0.392 e. The first kappa shape index (κ1) is 31.3. The van der Waals surface area contributed by atoms with Crippen molar-refractivity contribution in [1.29, 1.82) is 0 Å². The van der Waals surface area contributed by atoms with Crippen LogP contribution in [0.2, 0.25) is 0 Å². The van der Waals surface area contributed by atoms with Crippen molar-refractivity contribution in [3.8, 4) is 0 Å². The maximum absolute atomic E-state index is 15.8. The molecule has 1 unspecified atom stereocenters. The highest BCUT2D eigenvalue weighted by molar-refractivity contribution is 6.07. The summed E-state index contributed by atoms with van der Waals surface area (Å²) in [7, 11) is 1.98. The number of aromatic nitrogens is 3. The molecule has 5 rings (SSSR count). The summed E-state index contributed by atoms with van der Waals surface area (Å²) in [5, 5.41) is 15.1. The largest absolute Gasteiger partial charge is 0.417 e. The number of anilines is 2. The van der Waals surface area contributed by atoms with Crippen molar-refractivity contribution in [3.05, 3.63) is 87.1 Å². The Morgan fingerprint density at radius 2 is 1.82 bits per heavy atom. The van der Waals surface area contributed by atoms with E-state index in [0.29, 0.717) is 48.2 Å². The number of piperazine rings is 1. The number of hydrogen-bond donors (Lipinski definition) is 4. The van der Waals surface area contributed by atoms with E-state index in [-0.39, 0.29) is 42.5 Å². The van der Waals surface area contributed by atoms with Crippen molar-refractivity contribution in [2.75, 3.05) is 36.9 Å². The van der Waals surface area contributed by atoms with Crippen LogP contribution in [-0.4, -0.2) is 69.6 Å². The molecule has 14 heteroatoms. The van der Waals surface area contributed by atoms with Crippen LogP contribution in [0.15, 0.2) is 47.7 Å². The molecule has 234 valence electrons. The molecule has 1 saturated heterocycles. The van der Waals surface area contributed by atoms with E-state index in [4.69, 9.17) is 0 Å². The number of H-pyrrole nitrogens is 1. The molecule has 3 aromatic rings. The monoisotopic (exact) mass is 615 g/mol. The summed E-state index contributed by atoms with van der Waals surface area (Å²) in [4.78, 5) is 39.7. The van der Waals surface area contributed by atoms with Crippen LogP contribution in [0.3, 0.4) is 0 Å². The van der Waals surface area contributed by atoms with Crippen molar-refractivity contribution < 1.29 is 27.5 Å². The number of hydrogen-bond acceptors (Lipinski definition) is 8. The van der Waals surface area contributed by atoms with Crippen molar-refractivity contribution in [2.24, 2.45) is 0 Å². The van der Waals surface area contributed by atoms with Gasteiger partial charge in [0.2, 0.25) is 5.56 Å². The first-order valence-electron chi connectivity index (χ1n) is 14.1.